The van der Waals surface area contributed by atoms with Crippen LogP contribution in [0.15, 0.2) is 115 Å². The minimum absolute atomic E-state index is 0.0111. The van der Waals surface area contributed by atoms with Gasteiger partial charge in [0, 0.05) is 16.5 Å². The summed E-state index contributed by atoms with van der Waals surface area (Å²) < 4.78 is 2.49. The van der Waals surface area contributed by atoms with E-state index in [1.165, 1.54) is 71.3 Å². The summed E-state index contributed by atoms with van der Waals surface area (Å²) in [5.41, 5.74) is 9.58. The lowest BCUT2D eigenvalue weighted by atomic mass is 9.72. The largest absolute Gasteiger partial charge is 0.309 e. The van der Waals surface area contributed by atoms with E-state index in [0.29, 0.717) is 0 Å². The van der Waals surface area contributed by atoms with E-state index in [1.54, 1.807) is 0 Å². The van der Waals surface area contributed by atoms with Crippen molar-refractivity contribution in [3.8, 4) is 5.69 Å². The molecule has 0 aliphatic heterocycles. The van der Waals surface area contributed by atoms with Crippen LogP contribution in [0, 0.1) is 0 Å². The van der Waals surface area contributed by atoms with Crippen molar-refractivity contribution in [2.24, 2.45) is 0 Å². The van der Waals surface area contributed by atoms with Gasteiger partial charge in [-0.1, -0.05) is 148 Å². The molecular weight excluding hydrogens is 591 g/mol. The van der Waals surface area contributed by atoms with E-state index in [2.05, 4.69) is 189 Å². The van der Waals surface area contributed by atoms with Gasteiger partial charge in [0.1, 0.15) is 0 Å². The summed E-state index contributed by atoms with van der Waals surface area (Å²) >= 11 is 0. The van der Waals surface area contributed by atoms with Crippen LogP contribution in [0.2, 0.25) is 0 Å². The number of fused-ring (bicyclic) bond motifs is 6. The Balaban J connectivity index is 1.27. The van der Waals surface area contributed by atoms with Gasteiger partial charge in [0.2, 0.25) is 0 Å². The second-order valence-electron chi connectivity index (χ2n) is 17.8. The average Bonchev–Trinajstić information content (AvgIpc) is 3.40. The molecule has 7 rings (SSSR count). The lowest BCUT2D eigenvalue weighted by Gasteiger charge is -2.33. The lowest BCUT2D eigenvalue weighted by molar-refractivity contribution is 0.375. The lowest BCUT2D eigenvalue weighted by Crippen LogP contribution is -2.24. The predicted molar refractivity (Wildman–Crippen MR) is 215 cm³/mol. The number of para-hydroxylation sites is 2. The van der Waals surface area contributed by atoms with Gasteiger partial charge in [-0.3, -0.25) is 0 Å². The normalized spacial score (nSPS) is 13.3. The molecule has 1 aromatic heterocycles. The van der Waals surface area contributed by atoms with Gasteiger partial charge in [-0.25, -0.2) is 0 Å². The second kappa shape index (κ2) is 11.6. The molecule has 250 valence electrons. The van der Waals surface area contributed by atoms with E-state index in [1.807, 2.05) is 0 Å². The molecule has 1 heterocycles. The fourth-order valence-corrected chi connectivity index (χ4v) is 8.00. The zero-order valence-electron chi connectivity index (χ0n) is 31.3. The van der Waals surface area contributed by atoms with Crippen LogP contribution in [0.1, 0.15) is 104 Å². The van der Waals surface area contributed by atoms with Crippen molar-refractivity contribution >= 4 is 43.4 Å². The molecule has 0 fully saturated rings. The standard InChI is InChI=1S/C48H53N/c1-45(2,3)41-22-16-21-38-40-31-34(24-26-43(40)49(44(38)41)35-18-12-11-13-19-35)48(9,10)28-27-47(7,8)33-23-25-37-39(30-33)36-20-15-14-17-32(36)29-42(37)46(4,5)6/h11-26,29-31H,27-28H2,1-10H3. The molecule has 1 heteroatoms. The third kappa shape index (κ3) is 5.86. The van der Waals surface area contributed by atoms with E-state index in [0.717, 1.165) is 12.8 Å². The summed E-state index contributed by atoms with van der Waals surface area (Å²) in [6.07, 6.45) is 2.19. The van der Waals surface area contributed by atoms with Gasteiger partial charge in [-0.2, -0.15) is 0 Å². The number of hydrogen-bond acceptors (Lipinski definition) is 0. The van der Waals surface area contributed by atoms with E-state index < -0.39 is 0 Å². The molecule has 0 aliphatic rings. The molecular formula is C48H53N. The number of rotatable bonds is 6. The highest BCUT2D eigenvalue weighted by atomic mass is 15.0. The monoisotopic (exact) mass is 643 g/mol. The molecule has 0 spiro atoms. The number of benzene rings is 6. The molecule has 0 amide bonds. The highest BCUT2D eigenvalue weighted by Crippen LogP contribution is 2.43. The molecule has 0 atom stereocenters. The Kier molecular flexibility index (Phi) is 7.86. The van der Waals surface area contributed by atoms with Gasteiger partial charge in [0.15, 0.2) is 0 Å². The third-order valence-corrected chi connectivity index (χ3v) is 11.2. The predicted octanol–water partition coefficient (Wildman–Crippen LogP) is 13.7. The summed E-state index contributed by atoms with van der Waals surface area (Å²) in [4.78, 5) is 0. The van der Waals surface area contributed by atoms with E-state index in [-0.39, 0.29) is 21.7 Å². The molecule has 0 radical (unpaired) electrons. The van der Waals surface area contributed by atoms with Gasteiger partial charge in [0.05, 0.1) is 11.0 Å². The highest BCUT2D eigenvalue weighted by Gasteiger charge is 2.30. The minimum atomic E-state index is 0.0111. The number of aromatic nitrogens is 1. The number of nitrogens with zero attached hydrogens (tertiary/aromatic N) is 1. The molecule has 0 bridgehead atoms. The summed E-state index contributed by atoms with van der Waals surface area (Å²) in [6.45, 7) is 23.7. The SMILES string of the molecule is CC(C)(C)c1cc2ccccc2c2cc(C(C)(C)CCC(C)(C)c3ccc4c(c3)c3cccc(C(C)(C)C)c3n4-c3ccccc3)ccc12. The van der Waals surface area contributed by atoms with E-state index in [9.17, 15) is 0 Å². The Labute approximate surface area is 294 Å². The maximum absolute atomic E-state index is 2.50. The fraction of sp³-hybridized carbons (Fsp3) is 0.333. The van der Waals surface area contributed by atoms with Crippen LogP contribution in [0.3, 0.4) is 0 Å². The molecule has 1 nitrogen and oxygen atoms in total. The molecule has 0 unspecified atom stereocenters. The first-order valence-corrected chi connectivity index (χ1v) is 18.2. The molecule has 0 aliphatic carbocycles. The van der Waals surface area contributed by atoms with Gasteiger partial charge >= 0.3 is 0 Å². The molecule has 6 aromatic carbocycles. The molecule has 0 saturated heterocycles. The first-order valence-electron chi connectivity index (χ1n) is 18.2. The van der Waals surface area contributed by atoms with Crippen molar-refractivity contribution in [3.63, 3.8) is 0 Å². The van der Waals surface area contributed by atoms with E-state index in [4.69, 9.17) is 0 Å². The van der Waals surface area contributed by atoms with Gasteiger partial charge in [-0.05, 0) is 115 Å². The Morgan fingerprint density at radius 2 is 1.00 bits per heavy atom. The topological polar surface area (TPSA) is 4.93 Å². The minimum Gasteiger partial charge on any atom is -0.309 e. The molecule has 0 N–H and O–H groups in total. The first kappa shape index (κ1) is 33.2. The summed E-state index contributed by atoms with van der Waals surface area (Å²) in [5.74, 6) is 0. The van der Waals surface area contributed by atoms with Crippen molar-refractivity contribution in [1.29, 1.82) is 0 Å². The van der Waals surface area contributed by atoms with Gasteiger partial charge in [-0.15, -0.1) is 0 Å². The van der Waals surface area contributed by atoms with Crippen LogP contribution < -0.4 is 0 Å². The van der Waals surface area contributed by atoms with Gasteiger partial charge < -0.3 is 4.57 Å². The van der Waals surface area contributed by atoms with E-state index >= 15 is 0 Å². The third-order valence-electron chi connectivity index (χ3n) is 11.2. The molecule has 49 heavy (non-hydrogen) atoms. The Morgan fingerprint density at radius 3 is 1.65 bits per heavy atom. The van der Waals surface area contributed by atoms with Crippen LogP contribution in [0.25, 0.3) is 49.0 Å². The van der Waals surface area contributed by atoms with Crippen LogP contribution in [-0.4, -0.2) is 4.57 Å². The molecule has 7 aromatic rings. The Hall–Kier alpha value is -4.36. The average molecular weight is 644 g/mol. The maximum Gasteiger partial charge on any atom is 0.0578 e. The van der Waals surface area contributed by atoms with Crippen molar-refractivity contribution in [3.05, 3.63) is 138 Å². The summed E-state index contributed by atoms with van der Waals surface area (Å²) in [5, 5.41) is 8.11. The van der Waals surface area contributed by atoms with Crippen molar-refractivity contribution in [2.45, 2.75) is 104 Å². The van der Waals surface area contributed by atoms with Gasteiger partial charge in [0.25, 0.3) is 0 Å². The fourth-order valence-electron chi connectivity index (χ4n) is 8.00. The van der Waals surface area contributed by atoms with Crippen molar-refractivity contribution in [1.82, 2.24) is 4.57 Å². The van der Waals surface area contributed by atoms with Crippen molar-refractivity contribution in [2.75, 3.05) is 0 Å². The second-order valence-corrected chi connectivity index (χ2v) is 17.8. The number of hydrogen-bond donors (Lipinski definition) is 0. The highest BCUT2D eigenvalue weighted by molar-refractivity contribution is 6.11. The van der Waals surface area contributed by atoms with Crippen LogP contribution in [-0.2, 0) is 21.7 Å². The smallest absolute Gasteiger partial charge is 0.0578 e. The maximum atomic E-state index is 2.50. The summed E-state index contributed by atoms with van der Waals surface area (Å²) in [6, 6.07) is 43.6. The van der Waals surface area contributed by atoms with Crippen LogP contribution >= 0.6 is 0 Å². The quantitative estimate of drug-likeness (QED) is 0.159. The summed E-state index contributed by atoms with van der Waals surface area (Å²) in [7, 11) is 0. The Morgan fingerprint density at radius 1 is 0.429 bits per heavy atom. The zero-order chi connectivity index (χ0) is 34.9. The van der Waals surface area contributed by atoms with Crippen molar-refractivity contribution < 1.29 is 0 Å². The van der Waals surface area contributed by atoms with Crippen LogP contribution in [0.4, 0.5) is 0 Å². The zero-order valence-corrected chi connectivity index (χ0v) is 31.3. The first-order chi connectivity index (χ1) is 23.1. The Bertz CT molecular complexity index is 2330. The van der Waals surface area contributed by atoms with Crippen LogP contribution in [0.5, 0.6) is 0 Å². The molecule has 0 saturated carbocycles.